The van der Waals surface area contributed by atoms with Gasteiger partial charge in [0.15, 0.2) is 0 Å². The van der Waals surface area contributed by atoms with Crippen molar-refractivity contribution in [1.29, 1.82) is 0 Å². The molecule has 6 heteroatoms. The van der Waals surface area contributed by atoms with Crippen LogP contribution in [0.5, 0.6) is 0 Å². The highest BCUT2D eigenvalue weighted by Gasteiger charge is 2.13. The lowest BCUT2D eigenvalue weighted by atomic mass is 10.3. The molecule has 5 nitrogen and oxygen atoms in total. The van der Waals surface area contributed by atoms with Crippen molar-refractivity contribution in [3.8, 4) is 0 Å². The van der Waals surface area contributed by atoms with E-state index in [0.717, 1.165) is 28.0 Å². The van der Waals surface area contributed by atoms with Gasteiger partial charge in [-0.05, 0) is 36.7 Å². The number of aryl methyl sites for hydroxylation is 3. The number of nitrogen functional groups attached to an aromatic ring is 1. The van der Waals surface area contributed by atoms with Crippen molar-refractivity contribution < 1.29 is 0 Å². The van der Waals surface area contributed by atoms with Gasteiger partial charge in [-0.3, -0.25) is 9.36 Å². The lowest BCUT2D eigenvalue weighted by molar-refractivity contribution is 0.575. The second-order valence-electron chi connectivity index (χ2n) is 4.06. The Morgan fingerprint density at radius 3 is 2.59 bits per heavy atom. The fourth-order valence-electron chi connectivity index (χ4n) is 1.79. The predicted octanol–water partition coefficient (Wildman–Crippen LogP) is 2.11. The fraction of sp³-hybridized carbons (Fsp3) is 0.455. The van der Waals surface area contributed by atoms with Crippen molar-refractivity contribution in [3.63, 3.8) is 0 Å². The highest BCUT2D eigenvalue weighted by molar-refractivity contribution is 9.10. The quantitative estimate of drug-likeness (QED) is 0.944. The summed E-state index contributed by atoms with van der Waals surface area (Å²) in [6.07, 6.45) is 1.95. The molecule has 0 amide bonds. The average molecular weight is 298 g/mol. The number of aromatic nitrogens is 4. The molecule has 0 radical (unpaired) electrons. The zero-order chi connectivity index (χ0) is 12.6. The molecule has 0 unspecified atom stereocenters. The van der Waals surface area contributed by atoms with Gasteiger partial charge in [0.2, 0.25) is 0 Å². The molecule has 17 heavy (non-hydrogen) atoms. The molecule has 2 N–H and O–H groups in total. The summed E-state index contributed by atoms with van der Waals surface area (Å²) in [5.74, 6) is 0.584. The first-order valence-electron chi connectivity index (χ1n) is 5.54. The van der Waals surface area contributed by atoms with Crippen LogP contribution >= 0.6 is 15.9 Å². The number of nitrogens with two attached hydrogens (primary N) is 1. The Hall–Kier alpha value is -1.30. The van der Waals surface area contributed by atoms with Gasteiger partial charge in [0.05, 0.1) is 22.4 Å². The van der Waals surface area contributed by atoms with Crippen LogP contribution in [0.4, 0.5) is 5.82 Å². The summed E-state index contributed by atoms with van der Waals surface area (Å²) >= 11 is 3.57. The SMILES string of the molecule is CCn1nc(C)c(Br)c1Cn1cc(C)c(N)n1. The molecule has 0 aliphatic rings. The Morgan fingerprint density at radius 2 is 2.06 bits per heavy atom. The van der Waals surface area contributed by atoms with Crippen LogP contribution < -0.4 is 5.73 Å². The van der Waals surface area contributed by atoms with E-state index >= 15 is 0 Å². The zero-order valence-corrected chi connectivity index (χ0v) is 11.8. The van der Waals surface area contributed by atoms with Gasteiger partial charge in [0.1, 0.15) is 5.82 Å². The molecule has 2 heterocycles. The largest absolute Gasteiger partial charge is 0.382 e. The average Bonchev–Trinajstić information content (AvgIpc) is 2.74. The van der Waals surface area contributed by atoms with Crippen LogP contribution in [0.3, 0.4) is 0 Å². The summed E-state index contributed by atoms with van der Waals surface area (Å²) < 4.78 is 4.87. The van der Waals surface area contributed by atoms with E-state index in [9.17, 15) is 0 Å². The third-order valence-electron chi connectivity index (χ3n) is 2.75. The summed E-state index contributed by atoms with van der Waals surface area (Å²) in [5.41, 5.74) is 8.86. The van der Waals surface area contributed by atoms with Crippen molar-refractivity contribution in [2.75, 3.05) is 5.73 Å². The van der Waals surface area contributed by atoms with Crippen LogP contribution in [0.1, 0.15) is 23.9 Å². The second-order valence-corrected chi connectivity index (χ2v) is 4.85. The molecular weight excluding hydrogens is 282 g/mol. The molecule has 0 aromatic carbocycles. The molecule has 0 bridgehead atoms. The van der Waals surface area contributed by atoms with Crippen LogP contribution in [0.15, 0.2) is 10.7 Å². The van der Waals surface area contributed by atoms with Crippen LogP contribution in [-0.4, -0.2) is 19.6 Å². The van der Waals surface area contributed by atoms with E-state index in [1.165, 1.54) is 0 Å². The number of nitrogens with zero attached hydrogens (tertiary/aromatic N) is 4. The van der Waals surface area contributed by atoms with E-state index in [4.69, 9.17) is 5.73 Å². The third kappa shape index (κ3) is 2.22. The molecule has 0 aliphatic carbocycles. The summed E-state index contributed by atoms with van der Waals surface area (Å²) in [6.45, 7) is 7.54. The fourth-order valence-corrected chi connectivity index (χ4v) is 2.20. The molecule has 0 saturated carbocycles. The van der Waals surface area contributed by atoms with Gasteiger partial charge >= 0.3 is 0 Å². The van der Waals surface area contributed by atoms with Gasteiger partial charge in [-0.15, -0.1) is 0 Å². The second kappa shape index (κ2) is 4.52. The number of hydrogen-bond donors (Lipinski definition) is 1. The minimum atomic E-state index is 0.584. The molecule has 0 spiro atoms. The summed E-state index contributed by atoms with van der Waals surface area (Å²) in [7, 11) is 0. The molecule has 2 aromatic rings. The van der Waals surface area contributed by atoms with Crippen LogP contribution in [0.2, 0.25) is 0 Å². The van der Waals surface area contributed by atoms with E-state index < -0.39 is 0 Å². The Kier molecular flexibility index (Phi) is 3.24. The maximum atomic E-state index is 5.74. The maximum Gasteiger partial charge on any atom is 0.148 e. The highest BCUT2D eigenvalue weighted by Crippen LogP contribution is 2.22. The highest BCUT2D eigenvalue weighted by atomic mass is 79.9. The minimum Gasteiger partial charge on any atom is -0.382 e. The molecule has 0 saturated heterocycles. The van der Waals surface area contributed by atoms with Gasteiger partial charge in [0, 0.05) is 18.3 Å². The normalized spacial score (nSPS) is 11.1. The van der Waals surface area contributed by atoms with Crippen molar-refractivity contribution in [3.05, 3.63) is 27.6 Å². The molecule has 0 fully saturated rings. The van der Waals surface area contributed by atoms with Gasteiger partial charge in [-0.25, -0.2) is 0 Å². The minimum absolute atomic E-state index is 0.584. The van der Waals surface area contributed by atoms with Gasteiger partial charge in [-0.2, -0.15) is 10.2 Å². The summed E-state index contributed by atoms with van der Waals surface area (Å²) in [4.78, 5) is 0. The van der Waals surface area contributed by atoms with Gasteiger partial charge < -0.3 is 5.73 Å². The summed E-state index contributed by atoms with van der Waals surface area (Å²) in [6, 6.07) is 0. The van der Waals surface area contributed by atoms with Crippen LogP contribution in [-0.2, 0) is 13.1 Å². The Balaban J connectivity index is 2.35. The summed E-state index contributed by atoms with van der Waals surface area (Å²) in [5, 5.41) is 8.72. The van der Waals surface area contributed by atoms with E-state index in [-0.39, 0.29) is 0 Å². The lowest BCUT2D eigenvalue weighted by Crippen LogP contribution is -2.09. The third-order valence-corrected chi connectivity index (χ3v) is 3.78. The predicted molar refractivity (Wildman–Crippen MR) is 70.8 cm³/mol. The first-order chi connectivity index (χ1) is 8.02. The molecule has 0 atom stereocenters. The van der Waals surface area contributed by atoms with Crippen molar-refractivity contribution in [1.82, 2.24) is 19.6 Å². The van der Waals surface area contributed by atoms with E-state index in [0.29, 0.717) is 12.4 Å². The first kappa shape index (κ1) is 12.2. The topological polar surface area (TPSA) is 61.7 Å². The van der Waals surface area contributed by atoms with Gasteiger partial charge in [-0.1, -0.05) is 0 Å². The monoisotopic (exact) mass is 297 g/mol. The Labute approximate surface area is 109 Å². The number of rotatable bonds is 3. The van der Waals surface area contributed by atoms with Crippen LogP contribution in [0, 0.1) is 13.8 Å². The molecule has 92 valence electrons. The first-order valence-corrected chi connectivity index (χ1v) is 6.33. The van der Waals surface area contributed by atoms with E-state index in [1.807, 2.05) is 29.4 Å². The number of anilines is 1. The lowest BCUT2D eigenvalue weighted by Gasteiger charge is -2.05. The standard InChI is InChI=1S/C11H16BrN5/c1-4-17-9(10(12)8(3)14-17)6-16-5-7(2)11(13)15-16/h5H,4,6H2,1-3H3,(H2,13,15). The molecular formula is C11H16BrN5. The number of hydrogen-bond acceptors (Lipinski definition) is 3. The van der Waals surface area contributed by atoms with Crippen molar-refractivity contribution in [2.45, 2.75) is 33.9 Å². The zero-order valence-electron chi connectivity index (χ0n) is 10.2. The molecule has 2 aromatic heterocycles. The molecule has 0 aliphatic heterocycles. The van der Waals surface area contributed by atoms with E-state index in [2.05, 4.69) is 33.1 Å². The Morgan fingerprint density at radius 1 is 1.35 bits per heavy atom. The number of halogens is 1. The van der Waals surface area contributed by atoms with Crippen molar-refractivity contribution >= 4 is 21.7 Å². The van der Waals surface area contributed by atoms with Crippen molar-refractivity contribution in [2.24, 2.45) is 0 Å². The van der Waals surface area contributed by atoms with Crippen LogP contribution in [0.25, 0.3) is 0 Å². The Bertz CT molecular complexity index is 521. The smallest absolute Gasteiger partial charge is 0.148 e. The van der Waals surface area contributed by atoms with E-state index in [1.54, 1.807) is 0 Å². The maximum absolute atomic E-state index is 5.74. The molecule has 2 rings (SSSR count). The van der Waals surface area contributed by atoms with Gasteiger partial charge in [0.25, 0.3) is 0 Å².